The van der Waals surface area contributed by atoms with Gasteiger partial charge in [-0.3, -0.25) is 19.7 Å². The molecule has 0 aliphatic carbocycles. The molecule has 5 nitrogen and oxygen atoms in total. The molecule has 0 amide bonds. The van der Waals surface area contributed by atoms with Gasteiger partial charge in [-0.25, -0.2) is 0 Å². The van der Waals surface area contributed by atoms with E-state index in [2.05, 4.69) is 0 Å². The molecule has 0 atom stereocenters. The fraction of sp³-hybridized carbons (Fsp3) is 0.0400. The third-order valence-corrected chi connectivity index (χ3v) is 9.57. The molecule has 33 heavy (non-hydrogen) atoms. The molecule has 1 aliphatic rings. The lowest BCUT2D eigenvalue weighted by molar-refractivity contribution is -0.384. The largest absolute Gasteiger partial charge is 0.289 e. The molecule has 0 spiro atoms. The molecule has 6 rings (SSSR count). The summed E-state index contributed by atoms with van der Waals surface area (Å²) in [5, 5.41) is 12.4. The normalized spacial score (nSPS) is 13.1. The Kier molecular flexibility index (Phi) is 4.69. The van der Waals surface area contributed by atoms with Crippen molar-refractivity contribution in [2.24, 2.45) is 0 Å². The van der Waals surface area contributed by atoms with Crippen LogP contribution in [0.1, 0.15) is 22.6 Å². The molecule has 160 valence electrons. The quantitative estimate of drug-likeness (QED) is 0.209. The Morgan fingerprint density at radius 3 is 1.67 bits per heavy atom. The number of nitro groups is 1. The van der Waals surface area contributed by atoms with Crippen LogP contribution in [0.3, 0.4) is 0 Å². The molecule has 5 aromatic rings. The summed E-state index contributed by atoms with van der Waals surface area (Å²) < 4.78 is 3.52. The molecule has 2 aromatic heterocycles. The Morgan fingerprint density at radius 1 is 0.697 bits per heavy atom. The van der Waals surface area contributed by atoms with Gasteiger partial charge < -0.3 is 0 Å². The summed E-state index contributed by atoms with van der Waals surface area (Å²) >= 11 is 4.56. The van der Waals surface area contributed by atoms with Crippen molar-refractivity contribution in [2.75, 3.05) is 0 Å². The van der Waals surface area contributed by atoms with Crippen molar-refractivity contribution >= 4 is 60.3 Å². The van der Waals surface area contributed by atoms with Crippen LogP contribution in [0, 0.1) is 10.1 Å². The lowest BCUT2D eigenvalue weighted by Gasteiger charge is -2.26. The van der Waals surface area contributed by atoms with E-state index in [9.17, 15) is 19.7 Å². The lowest BCUT2D eigenvalue weighted by atomic mass is 9.86. The van der Waals surface area contributed by atoms with Crippen molar-refractivity contribution in [3.63, 3.8) is 0 Å². The van der Waals surface area contributed by atoms with Gasteiger partial charge in [0.05, 0.1) is 13.3 Å². The molecule has 0 unspecified atom stereocenters. The van der Waals surface area contributed by atoms with Gasteiger partial charge in [0, 0.05) is 49.3 Å². The second kappa shape index (κ2) is 7.62. The summed E-state index contributed by atoms with van der Waals surface area (Å²) in [4.78, 5) is 38.1. The number of hydrogen-bond acceptors (Lipinski definition) is 7. The van der Waals surface area contributed by atoms with Crippen molar-refractivity contribution in [2.45, 2.75) is 14.3 Å². The monoisotopic (exact) mass is 487 g/mol. The van der Waals surface area contributed by atoms with Gasteiger partial charge in [0.1, 0.15) is 0 Å². The van der Waals surface area contributed by atoms with Crippen LogP contribution >= 0.6 is 34.4 Å². The van der Waals surface area contributed by atoms with Crippen LogP contribution in [-0.2, 0) is 0 Å². The Bertz CT molecular complexity index is 1620. The van der Waals surface area contributed by atoms with Crippen LogP contribution < -0.4 is 10.9 Å². The number of nitro benzene ring substituents is 1. The van der Waals surface area contributed by atoms with E-state index in [4.69, 9.17) is 0 Å². The Balaban J connectivity index is 1.72. The standard InChI is InChI=1S/C25H13NO4S3/c27-22-15-5-1-3-7-17(15)31-24-20(22)19(13-9-11-14(12-10-13)26(29)30)21-23(28)16-6-2-4-8-18(16)32-25(21)33-24/h1-12,19H. The van der Waals surface area contributed by atoms with Gasteiger partial charge in [0.15, 0.2) is 10.9 Å². The molecule has 0 radical (unpaired) electrons. The van der Waals surface area contributed by atoms with Gasteiger partial charge in [-0.15, -0.1) is 22.7 Å². The van der Waals surface area contributed by atoms with Gasteiger partial charge in [-0.2, -0.15) is 0 Å². The number of rotatable bonds is 2. The molecule has 8 heteroatoms. The summed E-state index contributed by atoms with van der Waals surface area (Å²) in [6.07, 6.45) is 0. The molecule has 3 heterocycles. The van der Waals surface area contributed by atoms with E-state index in [0.717, 1.165) is 17.8 Å². The average molecular weight is 488 g/mol. The third-order valence-electron chi connectivity index (χ3n) is 5.80. The van der Waals surface area contributed by atoms with Crippen molar-refractivity contribution in [1.29, 1.82) is 0 Å². The smallest absolute Gasteiger partial charge is 0.269 e. The highest BCUT2D eigenvalue weighted by atomic mass is 32.2. The highest BCUT2D eigenvalue weighted by Gasteiger charge is 2.35. The van der Waals surface area contributed by atoms with Gasteiger partial charge in [-0.05, 0) is 29.8 Å². The summed E-state index contributed by atoms with van der Waals surface area (Å²) in [6.45, 7) is 0. The van der Waals surface area contributed by atoms with Crippen LogP contribution in [0.5, 0.6) is 0 Å². The van der Waals surface area contributed by atoms with Gasteiger partial charge in [0.25, 0.3) is 5.69 Å². The van der Waals surface area contributed by atoms with Crippen molar-refractivity contribution < 1.29 is 4.92 Å². The Labute approximate surface area is 199 Å². The first-order valence-electron chi connectivity index (χ1n) is 10.1. The molecular formula is C25H13NO4S3. The predicted molar refractivity (Wildman–Crippen MR) is 134 cm³/mol. The second-order valence-corrected chi connectivity index (χ2v) is 11.3. The second-order valence-electron chi connectivity index (χ2n) is 7.64. The Morgan fingerprint density at radius 2 is 1.18 bits per heavy atom. The topological polar surface area (TPSA) is 77.3 Å². The zero-order valence-corrected chi connectivity index (χ0v) is 19.3. The molecule has 0 saturated carbocycles. The molecular weight excluding hydrogens is 474 g/mol. The highest BCUT2D eigenvalue weighted by molar-refractivity contribution is 8.03. The molecule has 1 aliphatic heterocycles. The van der Waals surface area contributed by atoms with Gasteiger partial charge in [0.2, 0.25) is 0 Å². The van der Waals surface area contributed by atoms with Crippen molar-refractivity contribution in [1.82, 2.24) is 0 Å². The van der Waals surface area contributed by atoms with E-state index in [-0.39, 0.29) is 16.5 Å². The van der Waals surface area contributed by atoms with Crippen molar-refractivity contribution in [3.8, 4) is 0 Å². The van der Waals surface area contributed by atoms with Gasteiger partial charge in [-0.1, -0.05) is 48.2 Å². The minimum atomic E-state index is -0.584. The lowest BCUT2D eigenvalue weighted by Crippen LogP contribution is -2.25. The molecule has 0 bridgehead atoms. The van der Waals surface area contributed by atoms with Crippen LogP contribution in [-0.4, -0.2) is 4.92 Å². The SMILES string of the molecule is O=c1c2c(sc3ccccc13)Sc1sc3ccccc3c(=O)c1C2c1ccc([N+](=O)[O-])cc1. The number of hydrogen-bond donors (Lipinski definition) is 0. The van der Waals surface area contributed by atoms with Crippen molar-refractivity contribution in [3.05, 3.63) is 120 Å². The van der Waals surface area contributed by atoms with E-state index in [1.807, 2.05) is 48.5 Å². The number of benzene rings is 3. The minimum absolute atomic E-state index is 0.0308. The maximum absolute atomic E-state index is 13.7. The zero-order valence-electron chi connectivity index (χ0n) is 16.8. The fourth-order valence-corrected chi connectivity index (χ4v) is 8.49. The minimum Gasteiger partial charge on any atom is -0.289 e. The highest BCUT2D eigenvalue weighted by Crippen LogP contribution is 2.51. The molecule has 0 fully saturated rings. The zero-order chi connectivity index (χ0) is 22.7. The van der Waals surface area contributed by atoms with Crippen LogP contribution in [0.25, 0.3) is 20.2 Å². The first-order chi connectivity index (χ1) is 16.0. The maximum atomic E-state index is 13.7. The van der Waals surface area contributed by atoms with E-state index < -0.39 is 10.8 Å². The number of nitrogens with zero attached hydrogens (tertiary/aromatic N) is 1. The molecule has 0 N–H and O–H groups in total. The molecule has 0 saturated heterocycles. The Hall–Kier alpha value is -3.33. The van der Waals surface area contributed by atoms with Gasteiger partial charge >= 0.3 is 0 Å². The summed E-state index contributed by atoms with van der Waals surface area (Å²) in [5.41, 5.74) is 1.62. The summed E-state index contributed by atoms with van der Waals surface area (Å²) in [5.74, 6) is -0.584. The molecule has 3 aromatic carbocycles. The average Bonchev–Trinajstić information content (AvgIpc) is 2.83. The van der Waals surface area contributed by atoms with Crippen LogP contribution in [0.2, 0.25) is 0 Å². The first kappa shape index (κ1) is 20.3. The van der Waals surface area contributed by atoms with E-state index in [1.165, 1.54) is 23.9 Å². The summed E-state index contributed by atoms with van der Waals surface area (Å²) in [7, 11) is 0. The maximum Gasteiger partial charge on any atom is 0.269 e. The van der Waals surface area contributed by atoms with Crippen LogP contribution in [0.15, 0.2) is 90.8 Å². The van der Waals surface area contributed by atoms with E-state index in [0.29, 0.717) is 27.5 Å². The fourth-order valence-electron chi connectivity index (χ4n) is 4.27. The number of non-ortho nitro benzene ring substituents is 1. The number of fused-ring (bicyclic) bond motifs is 4. The van der Waals surface area contributed by atoms with E-state index in [1.54, 1.807) is 34.8 Å². The predicted octanol–water partition coefficient (Wildman–Crippen LogP) is 6.39. The first-order valence-corrected chi connectivity index (χ1v) is 12.5. The van der Waals surface area contributed by atoms with Crippen LogP contribution in [0.4, 0.5) is 5.69 Å². The van der Waals surface area contributed by atoms with E-state index >= 15 is 0 Å². The summed E-state index contributed by atoms with van der Waals surface area (Å²) in [6, 6.07) is 21.1. The third kappa shape index (κ3) is 3.13.